The molecule has 23 heavy (non-hydrogen) atoms. The van der Waals surface area contributed by atoms with E-state index in [0.29, 0.717) is 11.1 Å². The Hall–Kier alpha value is -2.96. The van der Waals surface area contributed by atoms with Crippen LogP contribution in [0.3, 0.4) is 0 Å². The molecule has 0 radical (unpaired) electrons. The monoisotopic (exact) mass is 319 g/mol. The van der Waals surface area contributed by atoms with Crippen LogP contribution < -0.4 is 4.74 Å². The van der Waals surface area contributed by atoms with Crippen LogP contribution in [0, 0.1) is 15.9 Å². The predicted octanol–water partition coefficient (Wildman–Crippen LogP) is 3.33. The molecule has 0 saturated carbocycles. The lowest BCUT2D eigenvalue weighted by Gasteiger charge is -2.08. The Labute approximate surface area is 131 Å². The Kier molecular flexibility index (Phi) is 5.24. The number of carboxylic acid groups (broad SMARTS) is 1. The molecule has 0 spiro atoms. The molecule has 0 aliphatic heterocycles. The molecule has 0 heterocycles. The highest BCUT2D eigenvalue weighted by Gasteiger charge is 2.16. The number of carbonyl (C=O) groups is 1. The van der Waals surface area contributed by atoms with Crippen LogP contribution in [0.1, 0.15) is 17.5 Å². The number of nitrogens with zero attached hydrogens (tertiary/aromatic N) is 1. The number of aliphatic carboxylic acids is 1. The summed E-state index contributed by atoms with van der Waals surface area (Å²) in [5.74, 6) is -1.26. The summed E-state index contributed by atoms with van der Waals surface area (Å²) < 4.78 is 18.2. The van der Waals surface area contributed by atoms with Crippen molar-refractivity contribution in [1.82, 2.24) is 0 Å². The van der Waals surface area contributed by atoms with Crippen molar-refractivity contribution in [2.75, 3.05) is 0 Å². The average Bonchev–Trinajstić information content (AvgIpc) is 2.52. The minimum atomic E-state index is -0.968. The molecule has 0 aromatic heterocycles. The van der Waals surface area contributed by atoms with Crippen LogP contribution >= 0.6 is 0 Å². The molecule has 0 aliphatic carbocycles. The van der Waals surface area contributed by atoms with Gasteiger partial charge in [-0.25, -0.2) is 4.39 Å². The number of benzene rings is 2. The van der Waals surface area contributed by atoms with Gasteiger partial charge in [0.15, 0.2) is 5.75 Å². The molecule has 0 atom stereocenters. The molecule has 7 heteroatoms. The van der Waals surface area contributed by atoms with Gasteiger partial charge in [-0.15, -0.1) is 0 Å². The summed E-state index contributed by atoms with van der Waals surface area (Å²) in [5, 5.41) is 19.8. The van der Waals surface area contributed by atoms with Gasteiger partial charge in [0, 0.05) is 12.5 Å². The third-order valence-electron chi connectivity index (χ3n) is 3.16. The maximum Gasteiger partial charge on any atom is 0.311 e. The highest BCUT2D eigenvalue weighted by atomic mass is 19.1. The first kappa shape index (κ1) is 16.4. The number of halogens is 1. The second-order valence-electron chi connectivity index (χ2n) is 4.87. The summed E-state index contributed by atoms with van der Waals surface area (Å²) in [7, 11) is 0. The molecule has 2 aromatic carbocycles. The Morgan fingerprint density at radius 2 is 1.83 bits per heavy atom. The third-order valence-corrected chi connectivity index (χ3v) is 3.16. The minimum absolute atomic E-state index is 0.0651. The third kappa shape index (κ3) is 4.77. The highest BCUT2D eigenvalue weighted by molar-refractivity contribution is 5.67. The van der Waals surface area contributed by atoms with Gasteiger partial charge in [0.25, 0.3) is 0 Å². The van der Waals surface area contributed by atoms with E-state index in [4.69, 9.17) is 9.84 Å². The first-order valence-electron chi connectivity index (χ1n) is 6.82. The largest absolute Gasteiger partial charge is 0.482 e. The van der Waals surface area contributed by atoms with Crippen molar-refractivity contribution >= 4 is 11.7 Å². The summed E-state index contributed by atoms with van der Waals surface area (Å²) in [6.45, 7) is 0.0651. The van der Waals surface area contributed by atoms with E-state index in [1.807, 2.05) is 0 Å². The fourth-order valence-electron chi connectivity index (χ4n) is 1.98. The molecule has 0 unspecified atom stereocenters. The number of carboxylic acids is 1. The van der Waals surface area contributed by atoms with Crippen molar-refractivity contribution in [1.29, 1.82) is 0 Å². The van der Waals surface area contributed by atoms with Crippen molar-refractivity contribution in [2.45, 2.75) is 19.4 Å². The van der Waals surface area contributed by atoms with Crippen LogP contribution in [0.2, 0.25) is 0 Å². The van der Waals surface area contributed by atoms with E-state index in [1.165, 1.54) is 36.4 Å². The van der Waals surface area contributed by atoms with Crippen LogP contribution in [0.5, 0.6) is 5.75 Å². The maximum absolute atomic E-state index is 12.8. The number of rotatable bonds is 7. The van der Waals surface area contributed by atoms with Gasteiger partial charge in [-0.3, -0.25) is 14.9 Å². The quantitative estimate of drug-likeness (QED) is 0.624. The van der Waals surface area contributed by atoms with Crippen molar-refractivity contribution in [3.8, 4) is 5.75 Å². The van der Waals surface area contributed by atoms with E-state index in [0.717, 1.165) is 0 Å². The van der Waals surface area contributed by atoms with Gasteiger partial charge in [-0.2, -0.15) is 0 Å². The number of ether oxygens (including phenoxy) is 1. The van der Waals surface area contributed by atoms with Crippen LogP contribution in [-0.2, 0) is 17.8 Å². The number of hydrogen-bond acceptors (Lipinski definition) is 4. The molecule has 0 aliphatic rings. The summed E-state index contributed by atoms with van der Waals surface area (Å²) in [5.41, 5.74) is 0.999. The molecule has 0 bridgehead atoms. The zero-order valence-corrected chi connectivity index (χ0v) is 12.1. The summed E-state index contributed by atoms with van der Waals surface area (Å²) in [6, 6.07) is 9.96. The van der Waals surface area contributed by atoms with Gasteiger partial charge in [0.1, 0.15) is 12.4 Å². The predicted molar refractivity (Wildman–Crippen MR) is 79.8 cm³/mol. The van der Waals surface area contributed by atoms with Gasteiger partial charge < -0.3 is 9.84 Å². The molecule has 2 aromatic rings. The second-order valence-corrected chi connectivity index (χ2v) is 4.87. The lowest BCUT2D eigenvalue weighted by Crippen LogP contribution is -2.01. The number of nitro benzene ring substituents is 1. The molecule has 0 saturated heterocycles. The molecule has 2 rings (SSSR count). The topological polar surface area (TPSA) is 89.7 Å². The van der Waals surface area contributed by atoms with E-state index >= 15 is 0 Å². The number of nitro groups is 1. The normalized spacial score (nSPS) is 10.3. The van der Waals surface area contributed by atoms with Gasteiger partial charge in [-0.1, -0.05) is 18.2 Å². The number of aryl methyl sites for hydroxylation is 1. The van der Waals surface area contributed by atoms with Crippen LogP contribution in [0.4, 0.5) is 10.1 Å². The summed E-state index contributed by atoms with van der Waals surface area (Å²) in [6.07, 6.45) is 0.0986. The van der Waals surface area contributed by atoms with E-state index in [-0.39, 0.29) is 36.7 Å². The van der Waals surface area contributed by atoms with Crippen molar-refractivity contribution in [3.05, 3.63) is 69.5 Å². The summed E-state index contributed by atoms with van der Waals surface area (Å²) >= 11 is 0. The molecule has 0 amide bonds. The van der Waals surface area contributed by atoms with Crippen LogP contribution in [-0.4, -0.2) is 16.0 Å². The van der Waals surface area contributed by atoms with E-state index in [2.05, 4.69) is 0 Å². The van der Waals surface area contributed by atoms with E-state index < -0.39 is 10.9 Å². The van der Waals surface area contributed by atoms with E-state index in [1.54, 1.807) is 6.07 Å². The average molecular weight is 319 g/mol. The fraction of sp³-hybridized carbons (Fsp3) is 0.188. The molecular formula is C16H14FNO5. The van der Waals surface area contributed by atoms with Crippen LogP contribution in [0.15, 0.2) is 42.5 Å². The van der Waals surface area contributed by atoms with Gasteiger partial charge in [-0.05, 0) is 35.7 Å². The molecular weight excluding hydrogens is 305 g/mol. The minimum Gasteiger partial charge on any atom is -0.482 e. The first-order chi connectivity index (χ1) is 11.0. The van der Waals surface area contributed by atoms with Crippen LogP contribution in [0.25, 0.3) is 0 Å². The SMILES string of the molecule is O=C(O)CCc1ccc(OCc2ccc(F)cc2)c([N+](=O)[O-])c1. The highest BCUT2D eigenvalue weighted by Crippen LogP contribution is 2.29. The Bertz CT molecular complexity index is 715. The Balaban J connectivity index is 2.12. The first-order valence-corrected chi connectivity index (χ1v) is 6.82. The summed E-state index contributed by atoms with van der Waals surface area (Å²) in [4.78, 5) is 21.1. The van der Waals surface area contributed by atoms with Crippen molar-refractivity contribution < 1.29 is 24.0 Å². The van der Waals surface area contributed by atoms with Gasteiger partial charge in [0.05, 0.1) is 4.92 Å². The lowest BCUT2D eigenvalue weighted by atomic mass is 10.1. The molecule has 1 N–H and O–H groups in total. The Morgan fingerprint density at radius 3 is 2.43 bits per heavy atom. The molecule has 0 fully saturated rings. The number of hydrogen-bond donors (Lipinski definition) is 1. The molecule has 120 valence electrons. The standard InChI is InChI=1S/C16H14FNO5/c17-13-5-1-12(2-6-13)10-23-15-7-3-11(4-8-16(19)20)9-14(15)18(21)22/h1-3,5-7,9H,4,8,10H2,(H,19,20). The van der Waals surface area contributed by atoms with Crippen molar-refractivity contribution in [3.63, 3.8) is 0 Å². The maximum atomic E-state index is 12.8. The Morgan fingerprint density at radius 1 is 1.17 bits per heavy atom. The molecule has 6 nitrogen and oxygen atoms in total. The van der Waals surface area contributed by atoms with Crippen molar-refractivity contribution in [2.24, 2.45) is 0 Å². The zero-order valence-electron chi connectivity index (χ0n) is 12.1. The fourth-order valence-corrected chi connectivity index (χ4v) is 1.98. The van der Waals surface area contributed by atoms with E-state index in [9.17, 15) is 19.3 Å². The van der Waals surface area contributed by atoms with Gasteiger partial charge >= 0.3 is 11.7 Å². The second kappa shape index (κ2) is 7.35. The zero-order chi connectivity index (χ0) is 16.8. The van der Waals surface area contributed by atoms with Gasteiger partial charge in [0.2, 0.25) is 0 Å². The lowest BCUT2D eigenvalue weighted by molar-refractivity contribution is -0.386. The smallest absolute Gasteiger partial charge is 0.311 e.